The molecule has 0 bridgehead atoms. The van der Waals surface area contributed by atoms with Gasteiger partial charge in [0.15, 0.2) is 5.60 Å². The van der Waals surface area contributed by atoms with Gasteiger partial charge in [-0.15, -0.1) is 0 Å². The van der Waals surface area contributed by atoms with Crippen molar-refractivity contribution in [2.75, 3.05) is 0 Å². The topological polar surface area (TPSA) is 55.8 Å². The van der Waals surface area contributed by atoms with Crippen molar-refractivity contribution in [2.24, 2.45) is 0 Å². The number of hydrogen-bond donors (Lipinski definition) is 1. The smallest absolute Gasteiger partial charge is 0.340 e. The predicted octanol–water partition coefficient (Wildman–Crippen LogP) is 6.56. The van der Waals surface area contributed by atoms with Gasteiger partial charge in [-0.1, -0.05) is 62.2 Å². The van der Waals surface area contributed by atoms with Crippen LogP contribution in [0.25, 0.3) is 0 Å². The van der Waals surface area contributed by atoms with Crippen molar-refractivity contribution < 1.29 is 19.4 Å². The van der Waals surface area contributed by atoms with E-state index in [2.05, 4.69) is 20.8 Å². The Morgan fingerprint density at radius 3 is 2.23 bits per heavy atom. The molecular weight excluding hydrogens is 423 g/mol. The highest BCUT2D eigenvalue weighted by atomic mass is 35.5. The number of carbonyl (C=O) groups excluding carboxylic acids is 1. The molecule has 0 fully saturated rings. The van der Waals surface area contributed by atoms with Gasteiger partial charge in [0.05, 0.1) is 10.6 Å². The lowest BCUT2D eigenvalue weighted by molar-refractivity contribution is 0.0224. The highest BCUT2D eigenvalue weighted by molar-refractivity contribution is 6.32. The minimum Gasteiger partial charge on any atom is -0.506 e. The first-order valence-electron chi connectivity index (χ1n) is 9.51. The molecule has 2 aliphatic heterocycles. The molecule has 0 aliphatic carbocycles. The molecule has 0 saturated carbocycles. The Hall–Kier alpha value is -2.69. The van der Waals surface area contributed by atoms with E-state index >= 15 is 0 Å². The van der Waals surface area contributed by atoms with E-state index in [4.69, 9.17) is 32.7 Å². The normalized spacial score (nSPS) is 19.0. The summed E-state index contributed by atoms with van der Waals surface area (Å²) in [6, 6.07) is 13.9. The second-order valence-corrected chi connectivity index (χ2v) is 9.41. The highest BCUT2D eigenvalue weighted by Crippen LogP contribution is 2.58. The molecule has 1 unspecified atom stereocenters. The summed E-state index contributed by atoms with van der Waals surface area (Å²) in [6.45, 7) is 6.18. The van der Waals surface area contributed by atoms with E-state index in [0.717, 1.165) is 5.56 Å². The molecule has 6 heteroatoms. The van der Waals surface area contributed by atoms with Crippen molar-refractivity contribution in [3.05, 3.63) is 86.4 Å². The number of esters is 1. The van der Waals surface area contributed by atoms with Gasteiger partial charge in [0.1, 0.15) is 17.2 Å². The standard InChI is InChI=1S/C24H18Cl2O4/c1-23(2,3)14-10-20-15(8-17(14)25)24(13-7-5-4-6-12(13)22(28)30-24)16-9-18(26)19(27)11-21(16)29-20/h4-11,27H,1-3H3. The van der Waals surface area contributed by atoms with E-state index in [-0.39, 0.29) is 16.2 Å². The van der Waals surface area contributed by atoms with Crippen LogP contribution >= 0.6 is 23.2 Å². The van der Waals surface area contributed by atoms with E-state index in [1.54, 1.807) is 24.3 Å². The zero-order valence-corrected chi connectivity index (χ0v) is 18.1. The number of phenolic OH excluding ortho intramolecular Hbond substituents is 1. The average Bonchev–Trinajstić information content (AvgIpc) is 2.97. The molecule has 30 heavy (non-hydrogen) atoms. The minimum absolute atomic E-state index is 0.114. The van der Waals surface area contributed by atoms with Gasteiger partial charge in [-0.3, -0.25) is 0 Å². The summed E-state index contributed by atoms with van der Waals surface area (Å²) in [4.78, 5) is 12.8. The fraction of sp³-hybridized carbons (Fsp3) is 0.208. The summed E-state index contributed by atoms with van der Waals surface area (Å²) in [5, 5.41) is 10.9. The SMILES string of the molecule is CC(C)(C)c1cc2c(cc1Cl)C1(OC(=O)c3ccccc31)c1cc(Cl)c(O)cc1O2. The van der Waals surface area contributed by atoms with E-state index in [9.17, 15) is 9.90 Å². The lowest BCUT2D eigenvalue weighted by Crippen LogP contribution is -2.33. The Morgan fingerprint density at radius 1 is 0.900 bits per heavy atom. The summed E-state index contributed by atoms with van der Waals surface area (Å²) in [6.07, 6.45) is 0. The van der Waals surface area contributed by atoms with Crippen LogP contribution in [0.1, 0.15) is 53.4 Å². The molecule has 2 aliphatic rings. The molecule has 0 saturated heterocycles. The number of halogens is 2. The first-order chi connectivity index (χ1) is 14.1. The van der Waals surface area contributed by atoms with Crippen molar-refractivity contribution in [1.29, 1.82) is 0 Å². The van der Waals surface area contributed by atoms with Crippen LogP contribution in [0.5, 0.6) is 17.2 Å². The monoisotopic (exact) mass is 440 g/mol. The third-order valence-corrected chi connectivity index (χ3v) is 6.29. The summed E-state index contributed by atoms with van der Waals surface area (Å²) < 4.78 is 12.2. The van der Waals surface area contributed by atoms with Crippen LogP contribution in [-0.2, 0) is 15.8 Å². The molecule has 3 aromatic carbocycles. The molecule has 1 spiro atoms. The Bertz CT molecular complexity index is 1240. The van der Waals surface area contributed by atoms with Crippen molar-refractivity contribution in [2.45, 2.75) is 31.8 Å². The average molecular weight is 441 g/mol. The Balaban J connectivity index is 1.90. The number of rotatable bonds is 0. The van der Waals surface area contributed by atoms with Gasteiger partial charge in [-0.2, -0.15) is 0 Å². The fourth-order valence-electron chi connectivity index (χ4n) is 4.27. The zero-order chi connectivity index (χ0) is 21.4. The number of aromatic hydroxyl groups is 1. The van der Waals surface area contributed by atoms with Gasteiger partial charge >= 0.3 is 5.97 Å². The van der Waals surface area contributed by atoms with Gasteiger partial charge in [0.25, 0.3) is 0 Å². The van der Waals surface area contributed by atoms with Crippen LogP contribution < -0.4 is 4.74 Å². The Labute approximate surface area is 184 Å². The highest BCUT2D eigenvalue weighted by Gasteiger charge is 2.54. The largest absolute Gasteiger partial charge is 0.506 e. The maximum Gasteiger partial charge on any atom is 0.340 e. The predicted molar refractivity (Wildman–Crippen MR) is 115 cm³/mol. The summed E-state index contributed by atoms with van der Waals surface area (Å²) in [5.74, 6) is 0.334. The van der Waals surface area contributed by atoms with E-state index in [1.807, 2.05) is 18.2 Å². The third kappa shape index (κ3) is 2.50. The molecule has 0 aromatic heterocycles. The summed E-state index contributed by atoms with van der Waals surface area (Å²) in [7, 11) is 0. The van der Waals surface area contributed by atoms with E-state index < -0.39 is 11.6 Å². The molecule has 4 nitrogen and oxygen atoms in total. The van der Waals surface area contributed by atoms with Crippen molar-refractivity contribution in [1.82, 2.24) is 0 Å². The Morgan fingerprint density at radius 2 is 1.53 bits per heavy atom. The van der Waals surface area contributed by atoms with Gasteiger partial charge in [-0.05, 0) is 35.2 Å². The Kier molecular flexibility index (Phi) is 3.96. The number of carbonyl (C=O) groups is 1. The first kappa shape index (κ1) is 19.3. The molecule has 3 aromatic rings. The molecule has 0 amide bonds. The molecule has 1 N–H and O–H groups in total. The quantitative estimate of drug-likeness (QED) is 0.401. The molecule has 1 atom stereocenters. The van der Waals surface area contributed by atoms with E-state index in [0.29, 0.717) is 38.8 Å². The van der Waals surface area contributed by atoms with Gasteiger partial charge in [0.2, 0.25) is 0 Å². The number of fused-ring (bicyclic) bond motifs is 6. The number of ether oxygens (including phenoxy) is 2. The van der Waals surface area contributed by atoms with Crippen molar-refractivity contribution in [3.8, 4) is 17.2 Å². The molecular formula is C24H18Cl2O4. The number of phenols is 1. The van der Waals surface area contributed by atoms with Crippen molar-refractivity contribution in [3.63, 3.8) is 0 Å². The van der Waals surface area contributed by atoms with Gasteiger partial charge in [-0.25, -0.2) is 4.79 Å². The second-order valence-electron chi connectivity index (χ2n) is 8.60. The fourth-order valence-corrected chi connectivity index (χ4v) is 4.88. The zero-order valence-electron chi connectivity index (χ0n) is 16.5. The molecule has 152 valence electrons. The number of benzene rings is 3. The van der Waals surface area contributed by atoms with Gasteiger partial charge < -0.3 is 14.6 Å². The van der Waals surface area contributed by atoms with Crippen LogP contribution in [0.2, 0.25) is 10.0 Å². The van der Waals surface area contributed by atoms with Crippen LogP contribution in [0.15, 0.2) is 48.5 Å². The lowest BCUT2D eigenvalue weighted by Gasteiger charge is -2.37. The summed E-state index contributed by atoms with van der Waals surface area (Å²) >= 11 is 12.9. The molecule has 0 radical (unpaired) electrons. The van der Waals surface area contributed by atoms with Crippen LogP contribution in [-0.4, -0.2) is 11.1 Å². The minimum atomic E-state index is -1.27. The van der Waals surface area contributed by atoms with Crippen LogP contribution in [0.4, 0.5) is 0 Å². The maximum absolute atomic E-state index is 12.8. The maximum atomic E-state index is 12.8. The van der Waals surface area contributed by atoms with Crippen molar-refractivity contribution >= 4 is 29.2 Å². The van der Waals surface area contributed by atoms with Gasteiger partial charge in [0, 0.05) is 27.8 Å². The van der Waals surface area contributed by atoms with E-state index in [1.165, 1.54) is 6.07 Å². The lowest BCUT2D eigenvalue weighted by atomic mass is 9.76. The second kappa shape index (κ2) is 6.16. The number of hydrogen-bond acceptors (Lipinski definition) is 4. The summed E-state index contributed by atoms with van der Waals surface area (Å²) in [5.41, 5.74) is 1.71. The van der Waals surface area contributed by atoms with Crippen LogP contribution in [0, 0.1) is 0 Å². The molecule has 5 rings (SSSR count). The molecule has 2 heterocycles. The first-order valence-corrected chi connectivity index (χ1v) is 10.3. The van der Waals surface area contributed by atoms with Crippen LogP contribution in [0.3, 0.4) is 0 Å². The third-order valence-electron chi connectivity index (χ3n) is 5.68.